The predicted molar refractivity (Wildman–Crippen MR) is 122 cm³/mol. The number of amides is 1. The number of hydrogen-bond acceptors (Lipinski definition) is 5. The van der Waals surface area contributed by atoms with Crippen molar-refractivity contribution in [2.24, 2.45) is 5.92 Å². The highest BCUT2D eigenvalue weighted by Gasteiger charge is 2.34. The first-order valence-electron chi connectivity index (χ1n) is 11.4. The molecule has 31 heavy (non-hydrogen) atoms. The summed E-state index contributed by atoms with van der Waals surface area (Å²) in [6.07, 6.45) is 3.84. The number of anilines is 1. The number of nitrogens with zero attached hydrogens (tertiary/aromatic N) is 6. The third kappa shape index (κ3) is 3.66. The summed E-state index contributed by atoms with van der Waals surface area (Å²) in [5.41, 5.74) is 4.01. The summed E-state index contributed by atoms with van der Waals surface area (Å²) < 4.78 is 1.96. The quantitative estimate of drug-likeness (QED) is 0.649. The van der Waals surface area contributed by atoms with Crippen molar-refractivity contribution >= 4 is 22.8 Å². The van der Waals surface area contributed by atoms with Crippen molar-refractivity contribution in [1.29, 1.82) is 0 Å². The van der Waals surface area contributed by atoms with Crippen molar-refractivity contribution < 1.29 is 4.79 Å². The lowest BCUT2D eigenvalue weighted by Gasteiger charge is -2.24. The van der Waals surface area contributed by atoms with Crippen molar-refractivity contribution in [3.63, 3.8) is 0 Å². The van der Waals surface area contributed by atoms with E-state index in [-0.39, 0.29) is 5.92 Å². The standard InChI is InChI=1S/C24H30N6O/c1-4-20-25-22(28-12-7-13-29(15-14-28)24(31)18-10-11-18)21-17(3)27-30(23(21)26-20)19-9-6-5-8-16(19)2/h5-6,8-9,18H,4,7,10-15H2,1-3H3. The van der Waals surface area contributed by atoms with Gasteiger partial charge in [0.05, 0.1) is 16.8 Å². The van der Waals surface area contributed by atoms with E-state index in [9.17, 15) is 4.79 Å². The highest BCUT2D eigenvalue weighted by atomic mass is 16.2. The van der Waals surface area contributed by atoms with Gasteiger partial charge in [0.2, 0.25) is 5.91 Å². The normalized spacial score (nSPS) is 17.3. The fourth-order valence-electron chi connectivity index (χ4n) is 4.50. The van der Waals surface area contributed by atoms with Crippen LogP contribution >= 0.6 is 0 Å². The molecule has 0 spiro atoms. The first kappa shape index (κ1) is 20.0. The number of fused-ring (bicyclic) bond motifs is 1. The lowest BCUT2D eigenvalue weighted by Crippen LogP contribution is -2.36. The summed E-state index contributed by atoms with van der Waals surface area (Å²) in [5, 5.41) is 5.89. The maximum atomic E-state index is 12.6. The molecule has 0 N–H and O–H groups in total. The molecule has 162 valence electrons. The van der Waals surface area contributed by atoms with Crippen LogP contribution in [0.4, 0.5) is 5.82 Å². The van der Waals surface area contributed by atoms with Gasteiger partial charge >= 0.3 is 0 Å². The Balaban J connectivity index is 1.56. The zero-order valence-electron chi connectivity index (χ0n) is 18.6. The SMILES string of the molecule is CCc1nc(N2CCCN(C(=O)C3CC3)CC2)c2c(C)nn(-c3ccccc3C)c2n1. The molecule has 0 bridgehead atoms. The molecule has 7 nitrogen and oxygen atoms in total. The number of hydrogen-bond donors (Lipinski definition) is 0. The van der Waals surface area contributed by atoms with Crippen molar-refractivity contribution in [2.75, 3.05) is 31.1 Å². The molecule has 2 aromatic heterocycles. The van der Waals surface area contributed by atoms with Crippen LogP contribution in [0.3, 0.4) is 0 Å². The van der Waals surface area contributed by atoms with Crippen LogP contribution in [0.15, 0.2) is 24.3 Å². The number of carbonyl (C=O) groups is 1. The number of rotatable bonds is 4. The Kier molecular flexibility index (Phi) is 5.12. The fourth-order valence-corrected chi connectivity index (χ4v) is 4.50. The molecule has 2 fully saturated rings. The van der Waals surface area contributed by atoms with E-state index in [0.717, 1.165) is 91.5 Å². The average molecular weight is 419 g/mol. The summed E-state index contributed by atoms with van der Waals surface area (Å²) in [6, 6.07) is 8.26. The van der Waals surface area contributed by atoms with Gasteiger partial charge in [-0.25, -0.2) is 14.6 Å². The molecular weight excluding hydrogens is 388 g/mol. The van der Waals surface area contributed by atoms with Gasteiger partial charge in [0, 0.05) is 38.5 Å². The number of carbonyl (C=O) groups excluding carboxylic acids is 1. The number of para-hydroxylation sites is 1. The molecule has 7 heteroatoms. The van der Waals surface area contributed by atoms with E-state index < -0.39 is 0 Å². The molecule has 2 aliphatic rings. The van der Waals surface area contributed by atoms with Crippen LogP contribution < -0.4 is 4.90 Å². The largest absolute Gasteiger partial charge is 0.354 e. The van der Waals surface area contributed by atoms with E-state index in [2.05, 4.69) is 35.8 Å². The second-order valence-corrected chi connectivity index (χ2v) is 8.74. The van der Waals surface area contributed by atoms with Gasteiger partial charge in [-0.2, -0.15) is 5.10 Å². The number of aryl methyl sites for hydroxylation is 3. The van der Waals surface area contributed by atoms with Crippen LogP contribution in [0, 0.1) is 19.8 Å². The van der Waals surface area contributed by atoms with Crippen molar-refractivity contribution in [1.82, 2.24) is 24.6 Å². The molecular formula is C24H30N6O. The molecule has 3 aromatic rings. The van der Waals surface area contributed by atoms with E-state index in [1.54, 1.807) is 0 Å². The lowest BCUT2D eigenvalue weighted by atomic mass is 10.2. The summed E-state index contributed by atoms with van der Waals surface area (Å²) in [5.74, 6) is 2.40. The molecule has 5 rings (SSSR count). The minimum absolute atomic E-state index is 0.276. The van der Waals surface area contributed by atoms with Crippen LogP contribution in [-0.4, -0.2) is 56.7 Å². The maximum Gasteiger partial charge on any atom is 0.225 e. The summed E-state index contributed by atoms with van der Waals surface area (Å²) in [6.45, 7) is 9.50. The number of benzene rings is 1. The van der Waals surface area contributed by atoms with Gasteiger partial charge in [0.25, 0.3) is 0 Å². The van der Waals surface area contributed by atoms with E-state index in [1.807, 2.05) is 23.7 Å². The summed E-state index contributed by atoms with van der Waals surface area (Å²) >= 11 is 0. The van der Waals surface area contributed by atoms with Crippen molar-refractivity contribution in [3.8, 4) is 5.69 Å². The van der Waals surface area contributed by atoms with Gasteiger partial charge in [-0.3, -0.25) is 4.79 Å². The molecule has 1 saturated carbocycles. The van der Waals surface area contributed by atoms with Crippen LogP contribution in [-0.2, 0) is 11.2 Å². The molecule has 0 unspecified atom stereocenters. The molecule has 1 aliphatic carbocycles. The van der Waals surface area contributed by atoms with Gasteiger partial charge in [0.1, 0.15) is 11.6 Å². The predicted octanol–water partition coefficient (Wildman–Crippen LogP) is 3.44. The zero-order chi connectivity index (χ0) is 21.5. The van der Waals surface area contributed by atoms with Crippen LogP contribution in [0.25, 0.3) is 16.7 Å². The average Bonchev–Trinajstić information content (AvgIpc) is 3.60. The lowest BCUT2D eigenvalue weighted by molar-refractivity contribution is -0.132. The molecule has 0 atom stereocenters. The first-order valence-corrected chi connectivity index (χ1v) is 11.4. The highest BCUT2D eigenvalue weighted by molar-refractivity contribution is 5.91. The van der Waals surface area contributed by atoms with Gasteiger partial charge in [0.15, 0.2) is 5.65 Å². The molecule has 1 saturated heterocycles. The maximum absolute atomic E-state index is 12.6. The first-order chi connectivity index (χ1) is 15.1. The minimum Gasteiger partial charge on any atom is -0.354 e. The molecule has 1 aliphatic heterocycles. The molecule has 1 aromatic carbocycles. The van der Waals surface area contributed by atoms with E-state index in [4.69, 9.17) is 15.1 Å². The Morgan fingerprint density at radius 3 is 2.61 bits per heavy atom. The van der Waals surface area contributed by atoms with Crippen LogP contribution in [0.1, 0.15) is 43.3 Å². The second kappa shape index (κ2) is 7.94. The van der Waals surface area contributed by atoms with Crippen molar-refractivity contribution in [3.05, 3.63) is 41.3 Å². The third-order valence-electron chi connectivity index (χ3n) is 6.42. The Hall–Kier alpha value is -2.96. The Morgan fingerprint density at radius 1 is 1.06 bits per heavy atom. The molecule has 3 heterocycles. The van der Waals surface area contributed by atoms with Gasteiger partial charge in [-0.1, -0.05) is 25.1 Å². The molecule has 0 radical (unpaired) electrons. The Bertz CT molecular complexity index is 1130. The summed E-state index contributed by atoms with van der Waals surface area (Å²) in [7, 11) is 0. The minimum atomic E-state index is 0.276. The van der Waals surface area contributed by atoms with Crippen LogP contribution in [0.2, 0.25) is 0 Å². The zero-order valence-corrected chi connectivity index (χ0v) is 18.6. The van der Waals surface area contributed by atoms with E-state index >= 15 is 0 Å². The third-order valence-corrected chi connectivity index (χ3v) is 6.42. The smallest absolute Gasteiger partial charge is 0.225 e. The van der Waals surface area contributed by atoms with Crippen molar-refractivity contribution in [2.45, 2.75) is 46.5 Å². The van der Waals surface area contributed by atoms with E-state index in [1.165, 1.54) is 0 Å². The monoisotopic (exact) mass is 418 g/mol. The van der Waals surface area contributed by atoms with Gasteiger partial charge in [-0.05, 0) is 44.7 Å². The second-order valence-electron chi connectivity index (χ2n) is 8.74. The van der Waals surface area contributed by atoms with Gasteiger partial charge in [-0.15, -0.1) is 0 Å². The summed E-state index contributed by atoms with van der Waals surface area (Å²) in [4.78, 5) is 26.8. The Labute approximate surface area is 183 Å². The van der Waals surface area contributed by atoms with Gasteiger partial charge < -0.3 is 9.80 Å². The van der Waals surface area contributed by atoms with Crippen LogP contribution in [0.5, 0.6) is 0 Å². The Morgan fingerprint density at radius 2 is 1.87 bits per heavy atom. The number of aromatic nitrogens is 4. The highest BCUT2D eigenvalue weighted by Crippen LogP contribution is 2.33. The topological polar surface area (TPSA) is 67.2 Å². The molecule has 1 amide bonds. The fraction of sp³-hybridized carbons (Fsp3) is 0.500. The van der Waals surface area contributed by atoms with E-state index in [0.29, 0.717) is 5.91 Å².